The van der Waals surface area contributed by atoms with Crippen LogP contribution in [0.1, 0.15) is 78.4 Å². The minimum Gasteiger partial charge on any atom is -0.236 e. The summed E-state index contributed by atoms with van der Waals surface area (Å²) in [6.07, 6.45) is 5.46. The van der Waals surface area contributed by atoms with Crippen molar-refractivity contribution in [2.75, 3.05) is 0 Å². The van der Waals surface area contributed by atoms with E-state index in [4.69, 9.17) is 0 Å². The van der Waals surface area contributed by atoms with Crippen molar-refractivity contribution >= 4 is 0 Å². The second-order valence-electron chi connectivity index (χ2n) is 11.4. The quantitative estimate of drug-likeness (QED) is 0.107. The molecule has 0 saturated heterocycles. The Bertz CT molecular complexity index is 1030. The molecule has 41 heavy (non-hydrogen) atoms. The molecule has 0 aliphatic carbocycles. The maximum absolute atomic E-state index is 13.3. The summed E-state index contributed by atoms with van der Waals surface area (Å²) in [7, 11) is 0. The van der Waals surface area contributed by atoms with Gasteiger partial charge in [0.2, 0.25) is 0 Å². The first-order valence-electron chi connectivity index (χ1n) is 13.9. The fraction of sp³-hybridized carbons (Fsp3) is 0.389. The standard InChI is InChI=1S/2C13H17F2.2C5H5.Ti/c2*1-4-7-13(2,3)9-10-5-6-11(14)8-12(10)15;2*1-2-4-5-3-1;/h2*5-6H,4,7,9H2,1-3H3;2*1-5H;/q4*-1;+4. The fourth-order valence-electron chi connectivity index (χ4n) is 4.42. The van der Waals surface area contributed by atoms with Crippen molar-refractivity contribution in [3.8, 4) is 0 Å². The van der Waals surface area contributed by atoms with Crippen LogP contribution in [0.3, 0.4) is 0 Å². The summed E-state index contributed by atoms with van der Waals surface area (Å²) >= 11 is 0. The van der Waals surface area contributed by atoms with E-state index in [-0.39, 0.29) is 32.5 Å². The number of hydrogen-bond donors (Lipinski definition) is 0. The Kier molecular flexibility index (Phi) is 19.2. The zero-order valence-corrected chi connectivity index (χ0v) is 26.9. The first-order valence-corrected chi connectivity index (χ1v) is 13.9. The zero-order chi connectivity index (χ0) is 30.0. The molecule has 0 aliphatic heterocycles. The molecule has 220 valence electrons. The third-order valence-electron chi connectivity index (χ3n) is 6.19. The Balaban J connectivity index is 0.000000573. The smallest absolute Gasteiger partial charge is 0.236 e. The molecule has 0 atom stereocenters. The largest absolute Gasteiger partial charge is 4.00 e. The third kappa shape index (κ3) is 17.9. The Hall–Kier alpha value is -2.43. The van der Waals surface area contributed by atoms with E-state index in [1.165, 1.54) is 24.3 Å². The topological polar surface area (TPSA) is 0 Å². The number of hydrogen-bond acceptors (Lipinski definition) is 0. The first-order chi connectivity index (χ1) is 18.9. The molecule has 0 amide bonds. The van der Waals surface area contributed by atoms with Crippen molar-refractivity contribution in [1.82, 2.24) is 0 Å². The van der Waals surface area contributed by atoms with Crippen LogP contribution in [0.25, 0.3) is 0 Å². The monoisotopic (exact) mass is 600 g/mol. The molecule has 0 saturated carbocycles. The van der Waals surface area contributed by atoms with Crippen molar-refractivity contribution in [2.24, 2.45) is 10.8 Å². The molecular weight excluding hydrogens is 556 g/mol. The van der Waals surface area contributed by atoms with Crippen molar-refractivity contribution in [2.45, 2.75) is 80.1 Å². The van der Waals surface area contributed by atoms with Gasteiger partial charge in [-0.15, -0.1) is 35.4 Å². The molecule has 0 spiro atoms. The molecule has 0 heterocycles. The van der Waals surface area contributed by atoms with Crippen LogP contribution in [0.5, 0.6) is 0 Å². The van der Waals surface area contributed by atoms with Crippen molar-refractivity contribution in [3.05, 3.63) is 131 Å². The number of halogens is 4. The van der Waals surface area contributed by atoms with E-state index in [9.17, 15) is 17.6 Å². The summed E-state index contributed by atoms with van der Waals surface area (Å²) in [6.45, 7) is 12.6. The molecule has 0 radical (unpaired) electrons. The van der Waals surface area contributed by atoms with Crippen molar-refractivity contribution in [1.29, 1.82) is 0 Å². The molecule has 0 aliphatic rings. The minimum absolute atomic E-state index is 0. The summed E-state index contributed by atoms with van der Waals surface area (Å²) in [4.78, 5) is 0. The van der Waals surface area contributed by atoms with E-state index in [1.54, 1.807) is 0 Å². The molecule has 5 heteroatoms. The Morgan fingerprint density at radius 3 is 1.12 bits per heavy atom. The van der Waals surface area contributed by atoms with Gasteiger partial charge in [0.1, 0.15) is 0 Å². The van der Waals surface area contributed by atoms with Crippen LogP contribution in [0.2, 0.25) is 0 Å². The predicted octanol–water partition coefficient (Wildman–Crippen LogP) is 11.1. The van der Waals surface area contributed by atoms with Gasteiger partial charge in [0.05, 0.1) is 0 Å². The molecule has 0 fully saturated rings. The summed E-state index contributed by atoms with van der Waals surface area (Å²) in [5, 5.41) is 0. The number of rotatable bonds is 8. The van der Waals surface area contributed by atoms with E-state index in [0.29, 0.717) is 24.0 Å². The van der Waals surface area contributed by atoms with Crippen LogP contribution in [0.15, 0.2) is 84.9 Å². The molecule has 4 aromatic rings. The van der Waals surface area contributed by atoms with Crippen LogP contribution in [0, 0.1) is 46.2 Å². The summed E-state index contributed by atoms with van der Waals surface area (Å²) in [6, 6.07) is 29.7. The molecule has 0 bridgehead atoms. The summed E-state index contributed by atoms with van der Waals surface area (Å²) < 4.78 is 51.9. The first kappa shape index (κ1) is 38.6. The zero-order valence-electron chi connectivity index (χ0n) is 25.3. The van der Waals surface area contributed by atoms with Gasteiger partial charge >= 0.3 is 21.7 Å². The molecule has 0 N–H and O–H groups in total. The summed E-state index contributed by atoms with van der Waals surface area (Å²) in [5.41, 5.74) is 1.22. The molecule has 0 nitrogen and oxygen atoms in total. The fourth-order valence-corrected chi connectivity index (χ4v) is 4.42. The van der Waals surface area contributed by atoms with Gasteiger partial charge in [-0.2, -0.15) is 48.5 Å². The van der Waals surface area contributed by atoms with E-state index >= 15 is 0 Å². The molecule has 4 rings (SSSR count). The Morgan fingerprint density at radius 1 is 0.585 bits per heavy atom. The van der Waals surface area contributed by atoms with Gasteiger partial charge in [-0.05, 0) is 23.7 Å². The van der Waals surface area contributed by atoms with Gasteiger partial charge in [-0.25, -0.2) is 41.8 Å². The van der Waals surface area contributed by atoms with Gasteiger partial charge in [0.25, 0.3) is 0 Å². The van der Waals surface area contributed by atoms with Crippen molar-refractivity contribution in [3.63, 3.8) is 0 Å². The van der Waals surface area contributed by atoms with Crippen LogP contribution in [-0.4, -0.2) is 0 Å². The maximum Gasteiger partial charge on any atom is 4.00 e. The van der Waals surface area contributed by atoms with Crippen molar-refractivity contribution < 1.29 is 39.3 Å². The van der Waals surface area contributed by atoms with Crippen LogP contribution >= 0.6 is 0 Å². The van der Waals surface area contributed by atoms with E-state index in [1.807, 2.05) is 60.7 Å². The van der Waals surface area contributed by atoms with Gasteiger partial charge in [0.15, 0.2) is 0 Å². The molecule has 0 aromatic heterocycles. The summed E-state index contributed by atoms with van der Waals surface area (Å²) in [5.74, 6) is -2.38. The molecular formula is C36H44F4Ti. The van der Waals surface area contributed by atoms with Crippen LogP contribution in [0.4, 0.5) is 17.6 Å². The second-order valence-corrected chi connectivity index (χ2v) is 11.4. The average molecular weight is 601 g/mol. The Morgan fingerprint density at radius 2 is 0.902 bits per heavy atom. The third-order valence-corrected chi connectivity index (χ3v) is 6.19. The molecule has 4 aromatic carbocycles. The minimum atomic E-state index is -0.635. The van der Waals surface area contributed by atoms with E-state index in [2.05, 4.69) is 53.7 Å². The predicted molar refractivity (Wildman–Crippen MR) is 159 cm³/mol. The van der Waals surface area contributed by atoms with Gasteiger partial charge in [-0.3, -0.25) is 0 Å². The van der Waals surface area contributed by atoms with Crippen LogP contribution < -0.4 is 0 Å². The van der Waals surface area contributed by atoms with Gasteiger partial charge in [0, 0.05) is 23.3 Å². The average Bonchev–Trinajstić information content (AvgIpc) is 3.62. The van der Waals surface area contributed by atoms with Gasteiger partial charge in [-0.1, -0.05) is 67.2 Å². The molecule has 0 unspecified atom stereocenters. The van der Waals surface area contributed by atoms with Gasteiger partial charge < -0.3 is 0 Å². The SMILES string of the molecule is CCCC(C)(C)Cc1ccc(F)[c-]c1F.CCCC(C)(C)Cc1ccc(F)[c-]c1F.[Ti+4].c1cc[cH-]c1.c1cc[cH-]c1. The van der Waals surface area contributed by atoms with E-state index < -0.39 is 23.3 Å². The maximum atomic E-state index is 13.3. The normalized spacial score (nSPS) is 10.6. The van der Waals surface area contributed by atoms with E-state index in [0.717, 1.165) is 25.7 Å². The number of benzene rings is 2. The van der Waals surface area contributed by atoms with Crippen LogP contribution in [-0.2, 0) is 34.6 Å². The second kappa shape index (κ2) is 20.5. The Labute approximate surface area is 260 Å².